The number of nitrogens with zero attached hydrogens (tertiary/aromatic N) is 1. The summed E-state index contributed by atoms with van der Waals surface area (Å²) in [5.74, 6) is -0.289. The fraction of sp³-hybridized carbons (Fsp3) is 0. The molecule has 3 aromatic rings. The average molecular weight is 352 g/mol. The number of carbonyl (C=O) groups excluding carboxylic acids is 2. The Balaban J connectivity index is 1.79. The van der Waals surface area contributed by atoms with Crippen molar-refractivity contribution in [2.24, 2.45) is 0 Å². The molecule has 2 N–H and O–H groups in total. The summed E-state index contributed by atoms with van der Waals surface area (Å²) in [6, 6.07) is 18.8. The van der Waals surface area contributed by atoms with Gasteiger partial charge in [-0.25, -0.2) is 4.98 Å². The molecule has 2 aromatic carbocycles. The predicted molar refractivity (Wildman–Crippen MR) is 98.0 cm³/mol. The van der Waals surface area contributed by atoms with Crippen LogP contribution in [0.25, 0.3) is 0 Å². The highest BCUT2D eigenvalue weighted by Gasteiger charge is 2.14. The van der Waals surface area contributed by atoms with Crippen LogP contribution in [-0.2, 0) is 0 Å². The zero-order valence-electron chi connectivity index (χ0n) is 13.1. The number of hydrogen-bond acceptors (Lipinski definition) is 3. The van der Waals surface area contributed by atoms with Crippen LogP contribution in [0.3, 0.4) is 0 Å². The minimum absolute atomic E-state index is 0.287. The number of carbonyl (C=O) groups is 2. The summed E-state index contributed by atoms with van der Waals surface area (Å²) < 4.78 is 0. The van der Waals surface area contributed by atoms with Gasteiger partial charge in [-0.3, -0.25) is 9.59 Å². The van der Waals surface area contributed by atoms with E-state index in [2.05, 4.69) is 15.6 Å². The molecule has 0 unspecified atom stereocenters. The van der Waals surface area contributed by atoms with Crippen molar-refractivity contribution in [3.05, 3.63) is 89.1 Å². The molecule has 1 heterocycles. The van der Waals surface area contributed by atoms with E-state index in [9.17, 15) is 9.59 Å². The molecule has 0 bridgehead atoms. The molecule has 0 saturated heterocycles. The fourth-order valence-electron chi connectivity index (χ4n) is 2.21. The van der Waals surface area contributed by atoms with Gasteiger partial charge in [-0.1, -0.05) is 41.9 Å². The Bertz CT molecular complexity index is 896. The lowest BCUT2D eigenvalue weighted by molar-refractivity contribution is 0.102. The van der Waals surface area contributed by atoms with Crippen molar-refractivity contribution in [1.82, 2.24) is 4.98 Å². The number of halogens is 1. The van der Waals surface area contributed by atoms with Gasteiger partial charge in [0.2, 0.25) is 0 Å². The molecule has 25 heavy (non-hydrogen) atoms. The van der Waals surface area contributed by atoms with Gasteiger partial charge in [0.1, 0.15) is 5.82 Å². The number of rotatable bonds is 4. The lowest BCUT2D eigenvalue weighted by Gasteiger charge is -2.11. The van der Waals surface area contributed by atoms with E-state index in [1.807, 2.05) is 6.07 Å². The van der Waals surface area contributed by atoms with Crippen LogP contribution >= 0.6 is 11.6 Å². The van der Waals surface area contributed by atoms with Crippen molar-refractivity contribution in [3.63, 3.8) is 0 Å². The predicted octanol–water partition coefficient (Wildman–Crippen LogP) is 4.24. The molecule has 0 fully saturated rings. The van der Waals surface area contributed by atoms with E-state index < -0.39 is 0 Å². The monoisotopic (exact) mass is 351 g/mol. The van der Waals surface area contributed by atoms with Gasteiger partial charge in [0.05, 0.1) is 16.3 Å². The van der Waals surface area contributed by atoms with Crippen LogP contribution in [0.15, 0.2) is 72.9 Å². The molecule has 0 saturated carbocycles. The highest BCUT2D eigenvalue weighted by atomic mass is 35.5. The minimum atomic E-state index is -0.376. The van der Waals surface area contributed by atoms with Gasteiger partial charge >= 0.3 is 0 Å². The van der Waals surface area contributed by atoms with Crippen LogP contribution in [-0.4, -0.2) is 16.8 Å². The number of hydrogen-bond donors (Lipinski definition) is 2. The van der Waals surface area contributed by atoms with Gasteiger partial charge in [-0.15, -0.1) is 0 Å². The summed E-state index contributed by atoms with van der Waals surface area (Å²) in [6.45, 7) is 0. The summed E-state index contributed by atoms with van der Waals surface area (Å²) in [5, 5.41) is 5.92. The SMILES string of the molecule is O=C(Nc1ccccc1C(=O)Nc1ccc(Cl)cn1)c1ccccc1. The summed E-state index contributed by atoms with van der Waals surface area (Å²) in [6.07, 6.45) is 1.44. The fourth-order valence-corrected chi connectivity index (χ4v) is 2.32. The van der Waals surface area contributed by atoms with Gasteiger partial charge in [0.25, 0.3) is 11.8 Å². The maximum atomic E-state index is 12.5. The van der Waals surface area contributed by atoms with E-state index in [1.54, 1.807) is 60.7 Å². The number of nitrogens with one attached hydrogen (secondary N) is 2. The maximum Gasteiger partial charge on any atom is 0.258 e. The smallest absolute Gasteiger partial charge is 0.258 e. The number of para-hydroxylation sites is 1. The molecule has 2 amide bonds. The highest BCUT2D eigenvalue weighted by molar-refractivity contribution is 6.30. The zero-order valence-corrected chi connectivity index (χ0v) is 13.8. The molecule has 6 heteroatoms. The number of aromatic nitrogens is 1. The number of anilines is 2. The summed E-state index contributed by atoms with van der Waals surface area (Å²) in [7, 11) is 0. The quantitative estimate of drug-likeness (QED) is 0.738. The van der Waals surface area contributed by atoms with Crippen LogP contribution in [0.5, 0.6) is 0 Å². The minimum Gasteiger partial charge on any atom is -0.321 e. The first kappa shape index (κ1) is 16.7. The maximum absolute atomic E-state index is 12.5. The topological polar surface area (TPSA) is 71.1 Å². The third kappa shape index (κ3) is 4.22. The first-order valence-corrected chi connectivity index (χ1v) is 7.89. The molecular weight excluding hydrogens is 338 g/mol. The second-order valence-corrected chi connectivity index (χ2v) is 5.62. The Morgan fingerprint density at radius 2 is 1.52 bits per heavy atom. The molecule has 1 aromatic heterocycles. The van der Waals surface area contributed by atoms with Crippen LogP contribution in [0.1, 0.15) is 20.7 Å². The molecular formula is C19H14ClN3O2. The van der Waals surface area contributed by atoms with Gasteiger partial charge in [0.15, 0.2) is 0 Å². The summed E-state index contributed by atoms with van der Waals surface area (Å²) >= 11 is 5.78. The van der Waals surface area contributed by atoms with Crippen LogP contribution in [0.2, 0.25) is 5.02 Å². The van der Waals surface area contributed by atoms with Crippen LogP contribution in [0.4, 0.5) is 11.5 Å². The van der Waals surface area contributed by atoms with Crippen molar-refractivity contribution in [1.29, 1.82) is 0 Å². The normalized spacial score (nSPS) is 10.1. The average Bonchev–Trinajstić information content (AvgIpc) is 2.64. The molecule has 5 nitrogen and oxygen atoms in total. The first-order valence-electron chi connectivity index (χ1n) is 7.52. The standard InChI is InChI=1S/C19H14ClN3O2/c20-14-10-11-17(21-12-14)23-19(25)15-8-4-5-9-16(15)22-18(24)13-6-2-1-3-7-13/h1-12H,(H,22,24)(H,21,23,25). The summed E-state index contributed by atoms with van der Waals surface area (Å²) in [5.41, 5.74) is 1.27. The van der Waals surface area contributed by atoms with Crippen molar-refractivity contribution >= 4 is 34.9 Å². The van der Waals surface area contributed by atoms with Crippen LogP contribution < -0.4 is 10.6 Å². The van der Waals surface area contributed by atoms with E-state index in [0.717, 1.165) is 0 Å². The zero-order chi connectivity index (χ0) is 17.6. The largest absolute Gasteiger partial charge is 0.321 e. The third-order valence-electron chi connectivity index (χ3n) is 3.42. The Kier molecular flexibility index (Phi) is 5.06. The second kappa shape index (κ2) is 7.59. The van der Waals surface area contributed by atoms with E-state index >= 15 is 0 Å². The molecule has 0 aliphatic rings. The Hall–Kier alpha value is -3.18. The van der Waals surface area contributed by atoms with E-state index in [4.69, 9.17) is 11.6 Å². The first-order chi connectivity index (χ1) is 12.1. The van der Waals surface area contributed by atoms with Gasteiger partial charge in [-0.2, -0.15) is 0 Å². The van der Waals surface area contributed by atoms with Gasteiger partial charge in [0, 0.05) is 11.8 Å². The number of benzene rings is 2. The molecule has 3 rings (SSSR count). The molecule has 0 aliphatic heterocycles. The van der Waals surface area contributed by atoms with Crippen molar-refractivity contribution in [2.75, 3.05) is 10.6 Å². The molecule has 0 aliphatic carbocycles. The van der Waals surface area contributed by atoms with Gasteiger partial charge in [-0.05, 0) is 36.4 Å². The van der Waals surface area contributed by atoms with Crippen molar-refractivity contribution in [3.8, 4) is 0 Å². The van der Waals surface area contributed by atoms with E-state index in [1.165, 1.54) is 6.20 Å². The van der Waals surface area contributed by atoms with Crippen LogP contribution in [0, 0.1) is 0 Å². The molecule has 0 radical (unpaired) electrons. The van der Waals surface area contributed by atoms with E-state index in [0.29, 0.717) is 27.7 Å². The number of amides is 2. The van der Waals surface area contributed by atoms with E-state index in [-0.39, 0.29) is 11.8 Å². The third-order valence-corrected chi connectivity index (χ3v) is 3.65. The molecule has 0 atom stereocenters. The molecule has 124 valence electrons. The highest BCUT2D eigenvalue weighted by Crippen LogP contribution is 2.18. The second-order valence-electron chi connectivity index (χ2n) is 5.18. The lowest BCUT2D eigenvalue weighted by atomic mass is 10.1. The Morgan fingerprint density at radius 3 is 2.24 bits per heavy atom. The lowest BCUT2D eigenvalue weighted by Crippen LogP contribution is -2.18. The Morgan fingerprint density at radius 1 is 0.800 bits per heavy atom. The van der Waals surface area contributed by atoms with Gasteiger partial charge < -0.3 is 10.6 Å². The summed E-state index contributed by atoms with van der Waals surface area (Å²) in [4.78, 5) is 28.8. The Labute approximate surface area is 149 Å². The number of pyridine rings is 1. The molecule has 0 spiro atoms. The van der Waals surface area contributed by atoms with Crippen molar-refractivity contribution < 1.29 is 9.59 Å². The van der Waals surface area contributed by atoms with Crippen molar-refractivity contribution in [2.45, 2.75) is 0 Å².